The number of rotatable bonds is 6. The maximum Gasteiger partial charge on any atom is 0.337 e. The highest BCUT2D eigenvalue weighted by atomic mass is 19.1. The molecule has 26 heavy (non-hydrogen) atoms. The lowest BCUT2D eigenvalue weighted by Crippen LogP contribution is -2.28. The molecule has 0 aliphatic rings. The first-order chi connectivity index (χ1) is 12.3. The van der Waals surface area contributed by atoms with Gasteiger partial charge in [-0.05, 0) is 32.0 Å². The Kier molecular flexibility index (Phi) is 5.76. The van der Waals surface area contributed by atoms with E-state index in [1.807, 2.05) is 0 Å². The first-order valence-electron chi connectivity index (χ1n) is 7.71. The van der Waals surface area contributed by atoms with E-state index >= 15 is 0 Å². The molecule has 0 spiro atoms. The highest BCUT2D eigenvalue weighted by Crippen LogP contribution is 2.32. The molecule has 1 amide bonds. The third kappa shape index (κ3) is 3.90. The van der Waals surface area contributed by atoms with E-state index < -0.39 is 23.7 Å². The van der Waals surface area contributed by atoms with E-state index in [-0.39, 0.29) is 28.3 Å². The summed E-state index contributed by atoms with van der Waals surface area (Å²) in [5.74, 6) is -1.64. The molecule has 1 heterocycles. The third-order valence-electron chi connectivity index (χ3n) is 3.87. The molecular weight excluding hydrogens is 343 g/mol. The normalized spacial score (nSPS) is 11.6. The number of hydrogen-bond donors (Lipinski definition) is 2. The van der Waals surface area contributed by atoms with Gasteiger partial charge < -0.3 is 19.9 Å². The third-order valence-corrected chi connectivity index (χ3v) is 3.87. The van der Waals surface area contributed by atoms with E-state index in [9.17, 15) is 14.0 Å². The summed E-state index contributed by atoms with van der Waals surface area (Å²) >= 11 is 0. The van der Waals surface area contributed by atoms with Crippen LogP contribution in [0.4, 0.5) is 4.39 Å². The summed E-state index contributed by atoms with van der Waals surface area (Å²) in [6, 6.07) is 4.57. The molecular formula is C18H19FN2O5. The molecule has 7 nitrogen and oxygen atoms in total. The van der Waals surface area contributed by atoms with Crippen LogP contribution < -0.4 is 14.8 Å². The number of aryl methyl sites for hydroxylation is 1. The highest BCUT2D eigenvalue weighted by molar-refractivity contribution is 5.94. The summed E-state index contributed by atoms with van der Waals surface area (Å²) in [5.41, 5.74) is 0.491. The van der Waals surface area contributed by atoms with Crippen LogP contribution in [0.1, 0.15) is 45.1 Å². The maximum atomic E-state index is 14.3. The summed E-state index contributed by atoms with van der Waals surface area (Å²) in [4.78, 5) is 27.4. The van der Waals surface area contributed by atoms with Gasteiger partial charge in [0.25, 0.3) is 5.91 Å². The number of halogens is 1. The van der Waals surface area contributed by atoms with Crippen molar-refractivity contribution in [3.63, 3.8) is 0 Å². The molecule has 8 heteroatoms. The van der Waals surface area contributed by atoms with Crippen molar-refractivity contribution in [1.29, 1.82) is 0 Å². The van der Waals surface area contributed by atoms with Gasteiger partial charge in [0.1, 0.15) is 11.5 Å². The van der Waals surface area contributed by atoms with Crippen LogP contribution in [-0.4, -0.2) is 36.2 Å². The van der Waals surface area contributed by atoms with Crippen molar-refractivity contribution in [3.05, 3.63) is 52.6 Å². The number of nitrogens with zero attached hydrogens (tertiary/aromatic N) is 1. The molecule has 1 unspecified atom stereocenters. The number of carbonyl (C=O) groups excluding carboxylic acids is 1. The average molecular weight is 362 g/mol. The minimum Gasteiger partial charge on any atom is -0.493 e. The number of benzene rings is 1. The van der Waals surface area contributed by atoms with Crippen molar-refractivity contribution in [2.75, 3.05) is 14.2 Å². The minimum atomic E-state index is -1.12. The van der Waals surface area contributed by atoms with Gasteiger partial charge in [-0.25, -0.2) is 14.2 Å². The number of methoxy groups -OCH3 is 2. The number of hydrogen-bond acceptors (Lipinski definition) is 5. The van der Waals surface area contributed by atoms with Crippen molar-refractivity contribution >= 4 is 11.9 Å². The molecule has 0 bridgehead atoms. The van der Waals surface area contributed by atoms with Gasteiger partial charge in [-0.15, -0.1) is 0 Å². The smallest absolute Gasteiger partial charge is 0.337 e. The van der Waals surface area contributed by atoms with Crippen LogP contribution in [-0.2, 0) is 0 Å². The Balaban J connectivity index is 2.24. The summed E-state index contributed by atoms with van der Waals surface area (Å²) in [5, 5.41) is 11.6. The van der Waals surface area contributed by atoms with Crippen molar-refractivity contribution in [3.8, 4) is 11.5 Å². The second kappa shape index (κ2) is 7.81. The number of carboxylic acids is 1. The molecule has 0 saturated heterocycles. The van der Waals surface area contributed by atoms with Crippen LogP contribution in [0.2, 0.25) is 0 Å². The fraction of sp³-hybridized carbons (Fsp3) is 0.278. The van der Waals surface area contributed by atoms with Gasteiger partial charge in [-0.2, -0.15) is 0 Å². The molecule has 2 aromatic rings. The second-order valence-corrected chi connectivity index (χ2v) is 5.56. The van der Waals surface area contributed by atoms with Gasteiger partial charge in [0.05, 0.1) is 31.5 Å². The lowest BCUT2D eigenvalue weighted by Gasteiger charge is -2.17. The average Bonchev–Trinajstić information content (AvgIpc) is 2.60. The lowest BCUT2D eigenvalue weighted by molar-refractivity contribution is 0.0694. The Labute approximate surface area is 149 Å². The lowest BCUT2D eigenvalue weighted by atomic mass is 10.1. The van der Waals surface area contributed by atoms with Crippen molar-refractivity contribution in [1.82, 2.24) is 10.3 Å². The quantitative estimate of drug-likeness (QED) is 0.820. The molecule has 0 aliphatic heterocycles. The number of carboxylic acid groups (broad SMARTS) is 1. The molecule has 0 saturated carbocycles. The highest BCUT2D eigenvalue weighted by Gasteiger charge is 2.20. The van der Waals surface area contributed by atoms with Gasteiger partial charge in [-0.3, -0.25) is 4.79 Å². The van der Waals surface area contributed by atoms with Gasteiger partial charge in [0.2, 0.25) is 0 Å². The number of pyridine rings is 1. The molecule has 1 aromatic heterocycles. The van der Waals surface area contributed by atoms with E-state index in [1.165, 1.54) is 45.4 Å². The van der Waals surface area contributed by atoms with Crippen LogP contribution in [0.15, 0.2) is 24.3 Å². The molecule has 0 fully saturated rings. The number of amides is 1. The Morgan fingerprint density at radius 3 is 2.35 bits per heavy atom. The number of aromatic nitrogens is 1. The topological polar surface area (TPSA) is 97.8 Å². The Morgan fingerprint density at radius 2 is 1.81 bits per heavy atom. The Morgan fingerprint density at radius 1 is 1.19 bits per heavy atom. The predicted octanol–water partition coefficient (Wildman–Crippen LogP) is 2.74. The van der Waals surface area contributed by atoms with E-state index in [0.717, 1.165) is 0 Å². The summed E-state index contributed by atoms with van der Waals surface area (Å²) in [7, 11) is 2.83. The van der Waals surface area contributed by atoms with E-state index in [1.54, 1.807) is 6.92 Å². The van der Waals surface area contributed by atoms with Gasteiger partial charge >= 0.3 is 5.97 Å². The van der Waals surface area contributed by atoms with Crippen LogP contribution in [0.25, 0.3) is 0 Å². The summed E-state index contributed by atoms with van der Waals surface area (Å²) in [6.07, 6.45) is 0. The predicted molar refractivity (Wildman–Crippen MR) is 91.3 cm³/mol. The van der Waals surface area contributed by atoms with Gasteiger partial charge in [0.15, 0.2) is 11.5 Å². The first-order valence-corrected chi connectivity index (χ1v) is 7.71. The van der Waals surface area contributed by atoms with Crippen molar-refractivity contribution in [2.45, 2.75) is 19.9 Å². The van der Waals surface area contributed by atoms with Gasteiger partial charge in [0, 0.05) is 11.6 Å². The Bertz CT molecular complexity index is 854. The van der Waals surface area contributed by atoms with Crippen LogP contribution in [0.3, 0.4) is 0 Å². The molecule has 2 N–H and O–H groups in total. The zero-order valence-corrected chi connectivity index (χ0v) is 14.8. The summed E-state index contributed by atoms with van der Waals surface area (Å²) < 4.78 is 24.5. The molecule has 1 atom stereocenters. The number of ether oxygens (including phenoxy) is 2. The minimum absolute atomic E-state index is 0.0144. The second-order valence-electron chi connectivity index (χ2n) is 5.56. The number of carbonyl (C=O) groups is 2. The zero-order chi connectivity index (χ0) is 19.4. The molecule has 1 aromatic carbocycles. The van der Waals surface area contributed by atoms with E-state index in [0.29, 0.717) is 5.75 Å². The van der Waals surface area contributed by atoms with E-state index in [2.05, 4.69) is 10.3 Å². The summed E-state index contributed by atoms with van der Waals surface area (Å²) in [6.45, 7) is 3.11. The van der Waals surface area contributed by atoms with Crippen LogP contribution >= 0.6 is 0 Å². The molecule has 0 radical (unpaired) electrons. The number of nitrogens with one attached hydrogen (secondary N) is 1. The standard InChI is InChI=1S/C18H19FN2O5/c1-9-11(18(23)24)5-6-14(20-9)17(22)21-10(2)12-7-15(25-3)16(26-4)8-13(12)19/h5-8,10H,1-4H3,(H,21,22)(H,23,24). The molecule has 138 valence electrons. The monoisotopic (exact) mass is 362 g/mol. The Hall–Kier alpha value is -3.16. The first kappa shape index (κ1) is 19.2. The van der Waals surface area contributed by atoms with Crippen LogP contribution in [0.5, 0.6) is 11.5 Å². The molecule has 2 rings (SSSR count). The fourth-order valence-corrected chi connectivity index (χ4v) is 2.46. The number of aromatic carboxylic acids is 1. The SMILES string of the molecule is COc1cc(F)c(C(C)NC(=O)c2ccc(C(=O)O)c(C)n2)cc1OC. The van der Waals surface area contributed by atoms with E-state index in [4.69, 9.17) is 14.6 Å². The van der Waals surface area contributed by atoms with Crippen molar-refractivity contribution in [2.24, 2.45) is 0 Å². The van der Waals surface area contributed by atoms with Crippen LogP contribution in [0, 0.1) is 12.7 Å². The largest absolute Gasteiger partial charge is 0.493 e. The zero-order valence-electron chi connectivity index (χ0n) is 14.8. The fourth-order valence-electron chi connectivity index (χ4n) is 2.46. The van der Waals surface area contributed by atoms with Crippen molar-refractivity contribution < 1.29 is 28.6 Å². The maximum absolute atomic E-state index is 14.3. The molecule has 0 aliphatic carbocycles. The van der Waals surface area contributed by atoms with Gasteiger partial charge in [-0.1, -0.05) is 0 Å².